The summed E-state index contributed by atoms with van der Waals surface area (Å²) in [6.45, 7) is 4.66. The fourth-order valence-corrected chi connectivity index (χ4v) is 4.23. The van der Waals surface area contributed by atoms with Crippen molar-refractivity contribution in [3.8, 4) is 5.69 Å². The number of hydrogen-bond donors (Lipinski definition) is 1. The number of aliphatic hydroxyl groups excluding tert-OH is 1. The molecule has 2 aromatic carbocycles. The maximum Gasteiger partial charge on any atom is 0.232 e. The van der Waals surface area contributed by atoms with Crippen LogP contribution in [0.15, 0.2) is 47.6 Å². The molecule has 30 heavy (non-hydrogen) atoms. The first-order valence-corrected chi connectivity index (χ1v) is 10.6. The van der Waals surface area contributed by atoms with Crippen LogP contribution in [0.1, 0.15) is 17.2 Å². The molecule has 0 radical (unpaired) electrons. The van der Waals surface area contributed by atoms with Gasteiger partial charge in [0.1, 0.15) is 11.6 Å². The zero-order valence-electron chi connectivity index (χ0n) is 16.5. The van der Waals surface area contributed by atoms with Crippen molar-refractivity contribution in [1.82, 2.24) is 14.8 Å². The van der Waals surface area contributed by atoms with Gasteiger partial charge in [-0.3, -0.25) is 4.57 Å². The number of hydrogen-bond acceptors (Lipinski definition) is 6. The van der Waals surface area contributed by atoms with E-state index in [0.717, 1.165) is 23.4 Å². The van der Waals surface area contributed by atoms with Crippen LogP contribution in [0.4, 0.5) is 14.7 Å². The molecule has 1 fully saturated rings. The zero-order valence-corrected chi connectivity index (χ0v) is 17.3. The minimum Gasteiger partial charge on any atom is -0.387 e. The van der Waals surface area contributed by atoms with Crippen molar-refractivity contribution >= 4 is 17.7 Å². The molecule has 2 heterocycles. The average molecular weight is 432 g/mol. The van der Waals surface area contributed by atoms with Gasteiger partial charge in [-0.1, -0.05) is 30.0 Å². The highest BCUT2D eigenvalue weighted by Crippen LogP contribution is 2.31. The number of anilines is 1. The third-order valence-electron chi connectivity index (χ3n) is 4.86. The van der Waals surface area contributed by atoms with Gasteiger partial charge in [0, 0.05) is 30.5 Å². The van der Waals surface area contributed by atoms with Crippen LogP contribution in [-0.4, -0.2) is 51.9 Å². The van der Waals surface area contributed by atoms with Gasteiger partial charge in [0.05, 0.1) is 25.0 Å². The van der Waals surface area contributed by atoms with E-state index >= 15 is 0 Å². The largest absolute Gasteiger partial charge is 0.387 e. The van der Waals surface area contributed by atoms with Crippen molar-refractivity contribution in [3.63, 3.8) is 0 Å². The minimum absolute atomic E-state index is 0.0546. The number of rotatable bonds is 6. The van der Waals surface area contributed by atoms with Crippen LogP contribution < -0.4 is 4.90 Å². The number of benzene rings is 2. The molecule has 1 aliphatic heterocycles. The molecule has 0 saturated carbocycles. The summed E-state index contributed by atoms with van der Waals surface area (Å²) in [5.41, 5.74) is 2.06. The number of aromatic nitrogens is 3. The Bertz CT molecular complexity index is 1020. The Balaban J connectivity index is 1.61. The predicted octanol–water partition coefficient (Wildman–Crippen LogP) is 3.52. The molecule has 158 valence electrons. The van der Waals surface area contributed by atoms with Gasteiger partial charge in [-0.25, -0.2) is 8.78 Å². The Morgan fingerprint density at radius 2 is 1.93 bits per heavy atom. The van der Waals surface area contributed by atoms with Gasteiger partial charge in [-0.15, -0.1) is 10.2 Å². The lowest BCUT2D eigenvalue weighted by Gasteiger charge is -2.28. The van der Waals surface area contributed by atoms with Gasteiger partial charge in [0.15, 0.2) is 5.16 Å². The van der Waals surface area contributed by atoms with Crippen LogP contribution in [0.3, 0.4) is 0 Å². The molecule has 0 bridgehead atoms. The Hall–Kier alpha value is -2.49. The highest BCUT2D eigenvalue weighted by Gasteiger charge is 2.23. The molecule has 0 aliphatic carbocycles. The van der Waals surface area contributed by atoms with Crippen LogP contribution >= 0.6 is 11.8 Å². The van der Waals surface area contributed by atoms with Crippen molar-refractivity contribution in [3.05, 3.63) is 65.2 Å². The first kappa shape index (κ1) is 20.8. The summed E-state index contributed by atoms with van der Waals surface area (Å²) in [4.78, 5) is 2.11. The highest BCUT2D eigenvalue weighted by atomic mass is 32.2. The van der Waals surface area contributed by atoms with Crippen LogP contribution in [0, 0.1) is 18.6 Å². The Kier molecular flexibility index (Phi) is 6.31. The van der Waals surface area contributed by atoms with Gasteiger partial charge in [-0.2, -0.15) is 0 Å². The van der Waals surface area contributed by atoms with E-state index in [4.69, 9.17) is 4.74 Å². The van der Waals surface area contributed by atoms with Crippen LogP contribution in [-0.2, 0) is 4.74 Å². The molecular weight excluding hydrogens is 410 g/mol. The van der Waals surface area contributed by atoms with Crippen LogP contribution in [0.25, 0.3) is 5.69 Å². The van der Waals surface area contributed by atoms with Crippen molar-refractivity contribution in [2.24, 2.45) is 0 Å². The van der Waals surface area contributed by atoms with Crippen molar-refractivity contribution in [1.29, 1.82) is 0 Å². The molecular formula is C21H22F2N4O2S. The van der Waals surface area contributed by atoms with E-state index in [1.54, 1.807) is 0 Å². The maximum atomic E-state index is 14.0. The molecule has 6 nitrogen and oxygen atoms in total. The minimum atomic E-state index is -1.11. The smallest absolute Gasteiger partial charge is 0.232 e. The monoisotopic (exact) mass is 432 g/mol. The maximum absolute atomic E-state index is 14.0. The molecule has 1 aliphatic rings. The summed E-state index contributed by atoms with van der Waals surface area (Å²) in [6, 6.07) is 11.2. The topological polar surface area (TPSA) is 63.4 Å². The number of morpholine rings is 1. The number of ether oxygens (including phenoxy) is 1. The summed E-state index contributed by atoms with van der Waals surface area (Å²) >= 11 is 1.27. The third-order valence-corrected chi connectivity index (χ3v) is 5.87. The fraction of sp³-hybridized carbons (Fsp3) is 0.333. The van der Waals surface area contributed by atoms with E-state index in [1.165, 1.54) is 17.8 Å². The normalized spacial score (nSPS) is 15.4. The Labute approximate surface area is 177 Å². The molecule has 9 heteroatoms. The Morgan fingerprint density at radius 1 is 1.13 bits per heavy atom. The van der Waals surface area contributed by atoms with E-state index in [-0.39, 0.29) is 11.3 Å². The van der Waals surface area contributed by atoms with Crippen molar-refractivity contribution < 1.29 is 18.6 Å². The molecule has 1 atom stereocenters. The second kappa shape index (κ2) is 9.11. The van der Waals surface area contributed by atoms with Gasteiger partial charge in [0.25, 0.3) is 0 Å². The van der Waals surface area contributed by atoms with Crippen LogP contribution in [0.2, 0.25) is 0 Å². The Morgan fingerprint density at radius 3 is 2.67 bits per heavy atom. The van der Waals surface area contributed by atoms with Gasteiger partial charge in [-0.05, 0) is 30.7 Å². The third kappa shape index (κ3) is 4.48. The molecule has 0 spiro atoms. The number of aryl methyl sites for hydroxylation is 1. The predicted molar refractivity (Wildman–Crippen MR) is 111 cm³/mol. The molecule has 1 N–H and O–H groups in total. The van der Waals surface area contributed by atoms with Crippen LogP contribution in [0.5, 0.6) is 0 Å². The summed E-state index contributed by atoms with van der Waals surface area (Å²) < 4.78 is 34.5. The standard InChI is InChI=1S/C21H22F2N4O2S/c1-14-3-2-4-16(11-14)27-20(26-7-9-29-10-8-26)24-25-21(27)30-13-19(28)17-6-5-15(22)12-18(17)23/h2-6,11-12,19,28H,7-10,13H2,1H3. The van der Waals surface area contributed by atoms with Crippen molar-refractivity contribution in [2.45, 2.75) is 18.2 Å². The highest BCUT2D eigenvalue weighted by molar-refractivity contribution is 7.99. The lowest BCUT2D eigenvalue weighted by molar-refractivity contribution is 0.122. The first-order chi connectivity index (χ1) is 14.5. The molecule has 1 saturated heterocycles. The molecule has 4 rings (SSSR count). The molecule has 0 amide bonds. The summed E-state index contributed by atoms with van der Waals surface area (Å²) in [7, 11) is 0. The van der Waals surface area contributed by atoms with E-state index in [0.29, 0.717) is 37.4 Å². The molecule has 3 aromatic rings. The lowest BCUT2D eigenvalue weighted by Crippen LogP contribution is -2.37. The summed E-state index contributed by atoms with van der Waals surface area (Å²) in [5, 5.41) is 19.7. The fourth-order valence-electron chi connectivity index (χ4n) is 3.33. The second-order valence-corrected chi connectivity index (χ2v) is 8.04. The van der Waals surface area contributed by atoms with E-state index in [9.17, 15) is 13.9 Å². The average Bonchev–Trinajstić information content (AvgIpc) is 3.16. The number of halogens is 2. The van der Waals surface area contributed by atoms with E-state index in [2.05, 4.69) is 15.1 Å². The molecule has 1 aromatic heterocycles. The van der Waals surface area contributed by atoms with E-state index < -0.39 is 17.7 Å². The first-order valence-electron chi connectivity index (χ1n) is 9.64. The summed E-state index contributed by atoms with van der Waals surface area (Å²) in [5.74, 6) is -0.591. The van der Waals surface area contributed by atoms with Gasteiger partial charge in [0.2, 0.25) is 5.95 Å². The summed E-state index contributed by atoms with van der Waals surface area (Å²) in [6.07, 6.45) is -1.11. The van der Waals surface area contributed by atoms with Gasteiger partial charge >= 0.3 is 0 Å². The lowest BCUT2D eigenvalue weighted by atomic mass is 10.1. The SMILES string of the molecule is Cc1cccc(-n2c(SCC(O)c3ccc(F)cc3F)nnc2N2CCOCC2)c1. The molecule has 1 unspecified atom stereocenters. The zero-order chi connectivity index (χ0) is 21.1. The van der Waals surface area contributed by atoms with Gasteiger partial charge < -0.3 is 14.7 Å². The number of aliphatic hydroxyl groups is 1. The quantitative estimate of drug-likeness (QED) is 0.602. The number of nitrogens with zero attached hydrogens (tertiary/aromatic N) is 4. The number of thioether (sulfide) groups is 1. The van der Waals surface area contributed by atoms with Crippen molar-refractivity contribution in [2.75, 3.05) is 37.0 Å². The second-order valence-electron chi connectivity index (χ2n) is 7.05. The van der Waals surface area contributed by atoms with E-state index in [1.807, 2.05) is 35.8 Å².